The van der Waals surface area contributed by atoms with E-state index in [-0.39, 0.29) is 17.5 Å². The highest BCUT2D eigenvalue weighted by Crippen LogP contribution is 2.30. The minimum atomic E-state index is -0.252. The number of phenolic OH excluding ortho intramolecular Hbond substituents is 1. The second kappa shape index (κ2) is 6.38. The predicted molar refractivity (Wildman–Crippen MR) is 81.1 cm³/mol. The van der Waals surface area contributed by atoms with Crippen molar-refractivity contribution in [2.45, 2.75) is 32.6 Å². The Morgan fingerprint density at radius 2 is 1.75 bits per heavy atom. The number of carbonyl (C=O) groups is 1. The molecule has 0 fully saturated rings. The van der Waals surface area contributed by atoms with E-state index in [1.807, 2.05) is 30.3 Å². The van der Waals surface area contributed by atoms with Crippen LogP contribution in [0.25, 0.3) is 0 Å². The monoisotopic (exact) mass is 268 g/mol. The van der Waals surface area contributed by atoms with Crippen LogP contribution < -0.4 is 0 Å². The fourth-order valence-corrected chi connectivity index (χ4v) is 2.61. The number of hydrogen-bond acceptors (Lipinski definition) is 2. The van der Waals surface area contributed by atoms with Crippen LogP contribution in [0, 0.1) is 0 Å². The van der Waals surface area contributed by atoms with Crippen LogP contribution in [0.15, 0.2) is 48.5 Å². The summed E-state index contributed by atoms with van der Waals surface area (Å²) in [6.45, 7) is 3.76. The van der Waals surface area contributed by atoms with E-state index in [0.29, 0.717) is 0 Å². The molecule has 1 unspecified atom stereocenters. The first-order valence-electron chi connectivity index (χ1n) is 7.00. The second-order valence-electron chi connectivity index (χ2n) is 5.08. The van der Waals surface area contributed by atoms with Crippen molar-refractivity contribution in [1.29, 1.82) is 0 Å². The summed E-state index contributed by atoms with van der Waals surface area (Å²) in [6.07, 6.45) is 2.02. The Morgan fingerprint density at radius 1 is 1.10 bits per heavy atom. The maximum atomic E-state index is 12.1. The van der Waals surface area contributed by atoms with E-state index in [0.717, 1.165) is 24.0 Å². The summed E-state index contributed by atoms with van der Waals surface area (Å²) in [5, 5.41) is 9.40. The number of Topliss-reactive ketones (excluding diaryl/α,β-unsaturated/α-hetero) is 1. The molecule has 0 spiro atoms. The molecule has 104 valence electrons. The Kier molecular flexibility index (Phi) is 4.57. The zero-order chi connectivity index (χ0) is 14.5. The molecule has 0 radical (unpaired) electrons. The molecule has 2 rings (SSSR count). The van der Waals surface area contributed by atoms with Gasteiger partial charge in [0.1, 0.15) is 11.5 Å². The van der Waals surface area contributed by atoms with Gasteiger partial charge in [-0.25, -0.2) is 0 Å². The standard InChI is InChI=1S/C18H20O2/c1-3-6-14-7-4-5-8-17(14)18(13(2)19)15-9-11-16(20)12-10-15/h4-5,7-12,18,20H,3,6H2,1-2H3. The molecule has 20 heavy (non-hydrogen) atoms. The summed E-state index contributed by atoms with van der Waals surface area (Å²) in [4.78, 5) is 12.1. The molecule has 0 heterocycles. The van der Waals surface area contributed by atoms with Gasteiger partial charge < -0.3 is 5.11 Å². The lowest BCUT2D eigenvalue weighted by atomic mass is 9.84. The van der Waals surface area contributed by atoms with Crippen molar-refractivity contribution in [3.8, 4) is 5.75 Å². The number of aryl methyl sites for hydroxylation is 1. The summed E-state index contributed by atoms with van der Waals surface area (Å²) in [5.74, 6) is 0.0930. The number of aromatic hydroxyl groups is 1. The number of hydrogen-bond donors (Lipinski definition) is 1. The van der Waals surface area contributed by atoms with Crippen LogP contribution in [0.4, 0.5) is 0 Å². The van der Waals surface area contributed by atoms with Crippen molar-refractivity contribution < 1.29 is 9.90 Å². The number of phenols is 1. The zero-order valence-corrected chi connectivity index (χ0v) is 12.0. The van der Waals surface area contributed by atoms with Crippen molar-refractivity contribution in [2.75, 3.05) is 0 Å². The van der Waals surface area contributed by atoms with Gasteiger partial charge in [0, 0.05) is 0 Å². The van der Waals surface area contributed by atoms with Crippen molar-refractivity contribution in [3.63, 3.8) is 0 Å². The van der Waals surface area contributed by atoms with Crippen molar-refractivity contribution >= 4 is 5.78 Å². The smallest absolute Gasteiger partial charge is 0.141 e. The van der Waals surface area contributed by atoms with E-state index in [2.05, 4.69) is 13.0 Å². The lowest BCUT2D eigenvalue weighted by molar-refractivity contribution is -0.117. The Morgan fingerprint density at radius 3 is 2.35 bits per heavy atom. The van der Waals surface area contributed by atoms with Gasteiger partial charge in [-0.1, -0.05) is 49.7 Å². The van der Waals surface area contributed by atoms with Gasteiger partial charge in [-0.15, -0.1) is 0 Å². The molecular weight excluding hydrogens is 248 g/mol. The molecule has 2 heteroatoms. The van der Waals surface area contributed by atoms with Crippen LogP contribution >= 0.6 is 0 Å². The normalized spacial score (nSPS) is 12.1. The molecule has 2 aromatic carbocycles. The van der Waals surface area contributed by atoms with Crippen LogP contribution in [0.1, 0.15) is 42.9 Å². The highest BCUT2D eigenvalue weighted by Gasteiger charge is 2.21. The molecule has 0 aliphatic rings. The molecule has 1 atom stereocenters. The van der Waals surface area contributed by atoms with E-state index < -0.39 is 0 Å². The highest BCUT2D eigenvalue weighted by molar-refractivity contribution is 5.87. The molecule has 1 N–H and O–H groups in total. The quantitative estimate of drug-likeness (QED) is 0.887. The highest BCUT2D eigenvalue weighted by atomic mass is 16.3. The lowest BCUT2D eigenvalue weighted by Crippen LogP contribution is -2.12. The first-order valence-corrected chi connectivity index (χ1v) is 7.00. The molecule has 0 amide bonds. The number of carbonyl (C=O) groups excluding carboxylic acids is 1. The Bertz CT molecular complexity index is 585. The third kappa shape index (κ3) is 3.08. The zero-order valence-electron chi connectivity index (χ0n) is 12.0. The molecule has 2 aromatic rings. The number of benzene rings is 2. The van der Waals surface area contributed by atoms with Crippen LogP contribution in [0.5, 0.6) is 5.75 Å². The molecule has 0 saturated heterocycles. The topological polar surface area (TPSA) is 37.3 Å². The van der Waals surface area contributed by atoms with Gasteiger partial charge in [0.2, 0.25) is 0 Å². The summed E-state index contributed by atoms with van der Waals surface area (Å²) in [5.41, 5.74) is 3.23. The van der Waals surface area contributed by atoms with Gasteiger partial charge in [-0.2, -0.15) is 0 Å². The van der Waals surface area contributed by atoms with Crippen molar-refractivity contribution in [1.82, 2.24) is 0 Å². The SMILES string of the molecule is CCCc1ccccc1C(C(C)=O)c1ccc(O)cc1. The van der Waals surface area contributed by atoms with Gasteiger partial charge in [-0.05, 0) is 42.2 Å². The van der Waals surface area contributed by atoms with E-state index in [4.69, 9.17) is 0 Å². The first kappa shape index (κ1) is 14.3. The van der Waals surface area contributed by atoms with Crippen molar-refractivity contribution in [3.05, 3.63) is 65.2 Å². The summed E-state index contributed by atoms with van der Waals surface area (Å²) in [7, 11) is 0. The van der Waals surface area contributed by atoms with Crippen LogP contribution in [0.2, 0.25) is 0 Å². The largest absolute Gasteiger partial charge is 0.508 e. The summed E-state index contributed by atoms with van der Waals surface area (Å²) in [6, 6.07) is 15.0. The molecular formula is C18H20O2. The molecule has 0 aromatic heterocycles. The second-order valence-corrected chi connectivity index (χ2v) is 5.08. The minimum Gasteiger partial charge on any atom is -0.508 e. The van der Waals surface area contributed by atoms with Crippen LogP contribution in [0.3, 0.4) is 0 Å². The molecule has 2 nitrogen and oxygen atoms in total. The maximum Gasteiger partial charge on any atom is 0.141 e. The Labute approximate surface area is 120 Å². The fraction of sp³-hybridized carbons (Fsp3) is 0.278. The third-order valence-electron chi connectivity index (χ3n) is 3.52. The van der Waals surface area contributed by atoms with Crippen LogP contribution in [-0.2, 0) is 11.2 Å². The van der Waals surface area contributed by atoms with Crippen molar-refractivity contribution in [2.24, 2.45) is 0 Å². The van der Waals surface area contributed by atoms with E-state index in [9.17, 15) is 9.90 Å². The Balaban J connectivity index is 2.49. The minimum absolute atomic E-state index is 0.124. The average Bonchev–Trinajstić information content (AvgIpc) is 2.43. The molecule has 0 saturated carbocycles. The molecule has 0 aliphatic heterocycles. The summed E-state index contributed by atoms with van der Waals surface area (Å²) < 4.78 is 0. The first-order chi connectivity index (χ1) is 9.63. The van der Waals surface area contributed by atoms with E-state index >= 15 is 0 Å². The molecule has 0 aliphatic carbocycles. The van der Waals surface area contributed by atoms with Crippen LogP contribution in [-0.4, -0.2) is 10.9 Å². The lowest BCUT2D eigenvalue weighted by Gasteiger charge is -2.18. The Hall–Kier alpha value is -2.09. The van der Waals surface area contributed by atoms with E-state index in [1.54, 1.807) is 19.1 Å². The number of rotatable bonds is 5. The fourth-order valence-electron chi connectivity index (χ4n) is 2.61. The van der Waals surface area contributed by atoms with Gasteiger partial charge in [0.15, 0.2) is 0 Å². The van der Waals surface area contributed by atoms with Gasteiger partial charge in [-0.3, -0.25) is 4.79 Å². The molecule has 0 bridgehead atoms. The van der Waals surface area contributed by atoms with Gasteiger partial charge in [0.05, 0.1) is 5.92 Å². The maximum absolute atomic E-state index is 12.1. The van der Waals surface area contributed by atoms with E-state index in [1.165, 1.54) is 5.56 Å². The number of ketones is 1. The third-order valence-corrected chi connectivity index (χ3v) is 3.52. The summed E-state index contributed by atoms with van der Waals surface area (Å²) >= 11 is 0. The predicted octanol–water partition coefficient (Wildman–Crippen LogP) is 4.07. The average molecular weight is 268 g/mol. The van der Waals surface area contributed by atoms with Gasteiger partial charge >= 0.3 is 0 Å². The van der Waals surface area contributed by atoms with Gasteiger partial charge in [0.25, 0.3) is 0 Å².